The molecule has 0 heterocycles. The van der Waals surface area contributed by atoms with Gasteiger partial charge in [-0.3, -0.25) is 0 Å². The average Bonchev–Trinajstić information content (AvgIpc) is 2.65. The Kier molecular flexibility index (Phi) is 16.7. The van der Waals surface area contributed by atoms with Crippen LogP contribution >= 0.6 is 22.6 Å². The van der Waals surface area contributed by atoms with Gasteiger partial charge in [-0.1, -0.05) is 110 Å². The number of aryl methyl sites for hydroxylation is 2. The van der Waals surface area contributed by atoms with Gasteiger partial charge in [-0.15, -0.1) is 0 Å². The van der Waals surface area contributed by atoms with Crippen LogP contribution in [0.1, 0.15) is 128 Å². The van der Waals surface area contributed by atoms with Gasteiger partial charge in [-0.05, 0) is 71.5 Å². The molecule has 0 aliphatic heterocycles. The molecule has 0 nitrogen and oxygen atoms in total. The van der Waals surface area contributed by atoms with Crippen molar-refractivity contribution in [1.82, 2.24) is 0 Å². The highest BCUT2D eigenvalue weighted by atomic mass is 127. The highest BCUT2D eigenvalue weighted by Crippen LogP contribution is 2.18. The molecule has 156 valence electrons. The zero-order valence-corrected chi connectivity index (χ0v) is 20.5. The first-order valence-corrected chi connectivity index (χ1v) is 13.1. The molecule has 1 aromatic rings. The normalized spacial score (nSPS) is 11.2. The number of rotatable bonds is 18. The van der Waals surface area contributed by atoms with Crippen molar-refractivity contribution in [2.75, 3.05) is 0 Å². The Morgan fingerprint density at radius 2 is 0.815 bits per heavy atom. The van der Waals surface area contributed by atoms with Crippen molar-refractivity contribution in [2.24, 2.45) is 0 Å². The van der Waals surface area contributed by atoms with Gasteiger partial charge in [-0.25, -0.2) is 0 Å². The van der Waals surface area contributed by atoms with Crippen molar-refractivity contribution in [1.29, 1.82) is 0 Å². The molecule has 0 radical (unpaired) electrons. The van der Waals surface area contributed by atoms with Gasteiger partial charge < -0.3 is 0 Å². The predicted molar refractivity (Wildman–Crippen MR) is 132 cm³/mol. The Balaban J connectivity index is 2.14. The lowest BCUT2D eigenvalue weighted by molar-refractivity contribution is 0.574. The zero-order valence-electron chi connectivity index (χ0n) is 18.3. The van der Waals surface area contributed by atoms with E-state index in [0.717, 1.165) is 0 Å². The maximum absolute atomic E-state index is 2.51. The van der Waals surface area contributed by atoms with E-state index in [4.69, 9.17) is 0 Å². The Morgan fingerprint density at radius 1 is 0.481 bits per heavy atom. The zero-order chi connectivity index (χ0) is 19.6. The molecule has 0 N–H and O–H groups in total. The standard InChI is InChI=1S/C26H45I/c1-3-5-7-9-11-13-15-17-19-24-21-25(23-26(27)22-24)20-18-16-14-12-10-8-6-4-2/h21-23H,3-20H2,1-2H3. The van der Waals surface area contributed by atoms with Crippen molar-refractivity contribution >= 4 is 22.6 Å². The van der Waals surface area contributed by atoms with E-state index in [2.05, 4.69) is 54.6 Å². The molecule has 1 aromatic carbocycles. The van der Waals surface area contributed by atoms with Gasteiger partial charge >= 0.3 is 0 Å². The first kappa shape index (κ1) is 25.0. The van der Waals surface area contributed by atoms with Gasteiger partial charge in [0.2, 0.25) is 0 Å². The Labute approximate surface area is 184 Å². The lowest BCUT2D eigenvalue weighted by Crippen LogP contribution is -1.93. The van der Waals surface area contributed by atoms with Gasteiger partial charge in [0.05, 0.1) is 0 Å². The van der Waals surface area contributed by atoms with E-state index in [0.29, 0.717) is 0 Å². The Hall–Kier alpha value is -0.0500. The largest absolute Gasteiger partial charge is 0.0654 e. The molecule has 0 fully saturated rings. The van der Waals surface area contributed by atoms with Crippen LogP contribution in [0.15, 0.2) is 18.2 Å². The van der Waals surface area contributed by atoms with E-state index in [1.54, 1.807) is 11.1 Å². The van der Waals surface area contributed by atoms with E-state index in [1.807, 2.05) is 0 Å². The molecule has 0 amide bonds. The van der Waals surface area contributed by atoms with E-state index in [9.17, 15) is 0 Å². The molecule has 0 saturated heterocycles. The monoisotopic (exact) mass is 484 g/mol. The SMILES string of the molecule is CCCCCCCCCCc1cc(I)cc(CCCCCCCCCC)c1. The lowest BCUT2D eigenvalue weighted by atomic mass is 10.00. The van der Waals surface area contributed by atoms with Crippen LogP contribution in [0, 0.1) is 3.57 Å². The molecule has 0 atom stereocenters. The van der Waals surface area contributed by atoms with Gasteiger partial charge in [0.1, 0.15) is 0 Å². The first-order valence-electron chi connectivity index (χ1n) is 12.0. The van der Waals surface area contributed by atoms with E-state index in [1.165, 1.54) is 119 Å². The summed E-state index contributed by atoms with van der Waals surface area (Å²) in [6.07, 6.45) is 25.2. The summed E-state index contributed by atoms with van der Waals surface area (Å²) < 4.78 is 1.43. The van der Waals surface area contributed by atoms with Crippen LogP contribution in [-0.2, 0) is 12.8 Å². The van der Waals surface area contributed by atoms with Crippen molar-refractivity contribution in [3.63, 3.8) is 0 Å². The van der Waals surface area contributed by atoms with Crippen LogP contribution in [0.3, 0.4) is 0 Å². The first-order chi connectivity index (χ1) is 13.3. The summed E-state index contributed by atoms with van der Waals surface area (Å²) in [6.45, 7) is 4.59. The summed E-state index contributed by atoms with van der Waals surface area (Å²) in [5, 5.41) is 0. The minimum Gasteiger partial charge on any atom is -0.0654 e. The molecule has 0 unspecified atom stereocenters. The lowest BCUT2D eigenvalue weighted by Gasteiger charge is -2.08. The second kappa shape index (κ2) is 18.0. The number of hydrogen-bond donors (Lipinski definition) is 0. The third kappa shape index (κ3) is 14.6. The predicted octanol–water partition coefficient (Wildman–Crippen LogP) is 9.66. The fraction of sp³-hybridized carbons (Fsp3) is 0.769. The van der Waals surface area contributed by atoms with Crippen LogP contribution in [0.25, 0.3) is 0 Å². The molecule has 0 aliphatic rings. The van der Waals surface area contributed by atoms with Crippen molar-refractivity contribution < 1.29 is 0 Å². The second-order valence-electron chi connectivity index (χ2n) is 8.42. The third-order valence-corrected chi connectivity index (χ3v) is 6.28. The average molecular weight is 485 g/mol. The Bertz CT molecular complexity index is 413. The smallest absolute Gasteiger partial charge is 0.0135 e. The number of unbranched alkanes of at least 4 members (excludes halogenated alkanes) is 14. The van der Waals surface area contributed by atoms with E-state index >= 15 is 0 Å². The molecular formula is C26H45I. The van der Waals surface area contributed by atoms with Gasteiger partial charge in [0, 0.05) is 3.57 Å². The van der Waals surface area contributed by atoms with Crippen LogP contribution in [0.4, 0.5) is 0 Å². The fourth-order valence-corrected chi connectivity index (χ4v) is 4.73. The number of hydrogen-bond acceptors (Lipinski definition) is 0. The van der Waals surface area contributed by atoms with Crippen molar-refractivity contribution in [3.8, 4) is 0 Å². The highest BCUT2D eigenvalue weighted by Gasteiger charge is 2.01. The van der Waals surface area contributed by atoms with Gasteiger partial charge in [0.15, 0.2) is 0 Å². The van der Waals surface area contributed by atoms with E-state index < -0.39 is 0 Å². The summed E-state index contributed by atoms with van der Waals surface area (Å²) in [7, 11) is 0. The van der Waals surface area contributed by atoms with Crippen LogP contribution in [-0.4, -0.2) is 0 Å². The second-order valence-corrected chi connectivity index (χ2v) is 9.66. The summed E-state index contributed by atoms with van der Waals surface area (Å²) in [6, 6.07) is 7.29. The summed E-state index contributed by atoms with van der Waals surface area (Å²) in [5.41, 5.74) is 3.14. The van der Waals surface area contributed by atoms with Gasteiger partial charge in [0.25, 0.3) is 0 Å². The van der Waals surface area contributed by atoms with Crippen molar-refractivity contribution in [3.05, 3.63) is 32.9 Å². The summed E-state index contributed by atoms with van der Waals surface area (Å²) in [4.78, 5) is 0. The number of benzene rings is 1. The molecule has 27 heavy (non-hydrogen) atoms. The fourth-order valence-electron chi connectivity index (χ4n) is 3.93. The van der Waals surface area contributed by atoms with Crippen LogP contribution in [0.2, 0.25) is 0 Å². The highest BCUT2D eigenvalue weighted by molar-refractivity contribution is 14.1. The molecule has 1 heteroatoms. The quantitative estimate of drug-likeness (QED) is 0.144. The molecule has 0 bridgehead atoms. The third-order valence-electron chi connectivity index (χ3n) is 5.66. The Morgan fingerprint density at radius 3 is 1.19 bits per heavy atom. The summed E-state index contributed by atoms with van der Waals surface area (Å²) >= 11 is 2.51. The van der Waals surface area contributed by atoms with Crippen LogP contribution < -0.4 is 0 Å². The maximum atomic E-state index is 2.51. The van der Waals surface area contributed by atoms with E-state index in [-0.39, 0.29) is 0 Å². The molecule has 0 aliphatic carbocycles. The summed E-state index contributed by atoms with van der Waals surface area (Å²) in [5.74, 6) is 0. The molecule has 1 rings (SSSR count). The maximum Gasteiger partial charge on any atom is 0.0135 e. The number of halogens is 1. The molecule has 0 aromatic heterocycles. The van der Waals surface area contributed by atoms with Crippen molar-refractivity contribution in [2.45, 2.75) is 129 Å². The minimum absolute atomic E-state index is 1.27. The molecular weight excluding hydrogens is 439 g/mol. The van der Waals surface area contributed by atoms with Crippen LogP contribution in [0.5, 0.6) is 0 Å². The molecule has 0 saturated carbocycles. The molecule has 0 spiro atoms. The minimum atomic E-state index is 1.27. The van der Waals surface area contributed by atoms with Gasteiger partial charge in [-0.2, -0.15) is 0 Å². The topological polar surface area (TPSA) is 0 Å².